The van der Waals surface area contributed by atoms with Gasteiger partial charge in [0.15, 0.2) is 0 Å². The molecule has 3 aliphatic heterocycles. The molecule has 0 amide bonds. The highest BCUT2D eigenvalue weighted by atomic mass is 19.4. The molecule has 2 fully saturated rings. The average Bonchev–Trinajstić information content (AvgIpc) is 2.93. The van der Waals surface area contributed by atoms with E-state index >= 15 is 0 Å². The van der Waals surface area contributed by atoms with E-state index in [-0.39, 0.29) is 30.8 Å². The van der Waals surface area contributed by atoms with Crippen LogP contribution in [0.1, 0.15) is 48.1 Å². The number of aliphatic hydroxyl groups excluding tert-OH is 1. The molecule has 0 saturated carbocycles. The molecule has 3 aliphatic rings. The van der Waals surface area contributed by atoms with E-state index < -0.39 is 11.7 Å². The van der Waals surface area contributed by atoms with Gasteiger partial charge in [0.1, 0.15) is 0 Å². The lowest BCUT2D eigenvalue weighted by Gasteiger charge is -2.46. The fraction of sp³-hybridized carbons (Fsp3) is 0.586. The second-order valence-corrected chi connectivity index (χ2v) is 10.7. The second-order valence-electron chi connectivity index (χ2n) is 10.7. The first-order valence-electron chi connectivity index (χ1n) is 13.9. The quantitative estimate of drug-likeness (QED) is 0.419. The molecule has 208 valence electrons. The predicted molar refractivity (Wildman–Crippen MR) is 142 cm³/mol. The van der Waals surface area contributed by atoms with E-state index in [2.05, 4.69) is 32.6 Å². The molecule has 3 N–H and O–H groups in total. The van der Waals surface area contributed by atoms with Crippen LogP contribution in [0.3, 0.4) is 0 Å². The molecule has 0 aromatic heterocycles. The summed E-state index contributed by atoms with van der Waals surface area (Å²) in [5.41, 5.74) is 1.84. The number of anilines is 1. The Morgan fingerprint density at radius 2 is 1.71 bits per heavy atom. The SMILES string of the molecule is OCCN1CCN(CCCNC[C@H]2CC[C@@H]3[C@H](O2)c2cc(C(F)(F)F)ccc2N[C@H]3c2ccccc2)CC1. The van der Waals surface area contributed by atoms with Crippen LogP contribution in [0.15, 0.2) is 48.5 Å². The van der Waals surface area contributed by atoms with Gasteiger partial charge >= 0.3 is 6.18 Å². The Morgan fingerprint density at radius 3 is 2.42 bits per heavy atom. The number of nitrogens with one attached hydrogen (secondary N) is 2. The number of hydrogen-bond donors (Lipinski definition) is 3. The fourth-order valence-corrected chi connectivity index (χ4v) is 6.14. The monoisotopic (exact) mass is 532 g/mol. The zero-order valence-corrected chi connectivity index (χ0v) is 21.8. The Labute approximate surface area is 223 Å². The Bertz CT molecular complexity index is 1030. The Hall–Kier alpha value is -2.17. The number of piperazine rings is 1. The van der Waals surface area contributed by atoms with Gasteiger partial charge in [0.2, 0.25) is 0 Å². The molecule has 2 aromatic carbocycles. The number of β-amino-alcohol motifs (C(OH)–C–C–N with tert-alkyl or cyclic N) is 1. The summed E-state index contributed by atoms with van der Waals surface area (Å²) in [5, 5.41) is 16.1. The van der Waals surface area contributed by atoms with Gasteiger partial charge in [-0.05, 0) is 56.1 Å². The van der Waals surface area contributed by atoms with Crippen molar-refractivity contribution in [1.29, 1.82) is 0 Å². The first-order chi connectivity index (χ1) is 18.4. The number of alkyl halides is 3. The molecule has 0 unspecified atom stereocenters. The number of halogens is 3. The van der Waals surface area contributed by atoms with Crippen molar-refractivity contribution in [3.8, 4) is 0 Å². The third-order valence-electron chi connectivity index (χ3n) is 8.21. The molecule has 0 spiro atoms. The van der Waals surface area contributed by atoms with Crippen molar-refractivity contribution >= 4 is 5.69 Å². The van der Waals surface area contributed by atoms with Gasteiger partial charge in [0.05, 0.1) is 30.4 Å². The van der Waals surface area contributed by atoms with Gasteiger partial charge in [-0.25, -0.2) is 0 Å². The Morgan fingerprint density at radius 1 is 0.974 bits per heavy atom. The Kier molecular flexibility index (Phi) is 8.90. The summed E-state index contributed by atoms with van der Waals surface area (Å²) in [4.78, 5) is 4.76. The fourth-order valence-electron chi connectivity index (χ4n) is 6.14. The highest BCUT2D eigenvalue weighted by Crippen LogP contribution is 2.51. The lowest BCUT2D eigenvalue weighted by atomic mass is 9.76. The van der Waals surface area contributed by atoms with Crippen LogP contribution in [0.2, 0.25) is 0 Å². The molecule has 2 saturated heterocycles. The van der Waals surface area contributed by atoms with E-state index in [0.717, 1.165) is 82.4 Å². The molecule has 0 aliphatic carbocycles. The van der Waals surface area contributed by atoms with Crippen molar-refractivity contribution in [2.45, 2.75) is 43.7 Å². The summed E-state index contributed by atoms with van der Waals surface area (Å²) in [7, 11) is 0. The maximum Gasteiger partial charge on any atom is 0.416 e. The highest BCUT2D eigenvalue weighted by Gasteiger charge is 2.43. The van der Waals surface area contributed by atoms with E-state index in [9.17, 15) is 13.2 Å². The van der Waals surface area contributed by atoms with E-state index in [1.165, 1.54) is 6.07 Å². The zero-order chi connectivity index (χ0) is 26.5. The molecule has 0 bridgehead atoms. The van der Waals surface area contributed by atoms with Gasteiger partial charge in [-0.3, -0.25) is 4.90 Å². The topological polar surface area (TPSA) is 60.0 Å². The van der Waals surface area contributed by atoms with Gasteiger partial charge < -0.3 is 25.4 Å². The first-order valence-corrected chi connectivity index (χ1v) is 13.9. The van der Waals surface area contributed by atoms with Crippen LogP contribution in [-0.2, 0) is 10.9 Å². The largest absolute Gasteiger partial charge is 0.416 e. The van der Waals surface area contributed by atoms with Gasteiger partial charge in [-0.15, -0.1) is 0 Å². The normalized spacial score (nSPS) is 26.4. The summed E-state index contributed by atoms with van der Waals surface area (Å²) in [6.07, 6.45) is -2.00. The standard InChI is InChI=1S/C29H39F3N4O2/c30-29(31,32)22-7-10-26-25(19-22)28-24(27(34-26)21-5-2-1-3-6-21)9-8-23(38-28)20-33-11-4-12-35-13-15-36(16-14-35)17-18-37/h1-3,5-7,10,19,23-24,27-28,33-34,37H,4,8-9,11-18,20H2/t23-,24+,27+,28+/m1/s1. The second kappa shape index (κ2) is 12.3. The molecule has 3 heterocycles. The molecule has 0 radical (unpaired) electrons. The summed E-state index contributed by atoms with van der Waals surface area (Å²) >= 11 is 0. The van der Waals surface area contributed by atoms with Crippen molar-refractivity contribution in [2.24, 2.45) is 5.92 Å². The highest BCUT2D eigenvalue weighted by molar-refractivity contribution is 5.58. The van der Waals surface area contributed by atoms with Crippen LogP contribution in [0.4, 0.5) is 18.9 Å². The van der Waals surface area contributed by atoms with Crippen molar-refractivity contribution < 1.29 is 23.0 Å². The van der Waals surface area contributed by atoms with E-state index in [0.29, 0.717) is 12.1 Å². The van der Waals surface area contributed by atoms with Crippen molar-refractivity contribution in [1.82, 2.24) is 15.1 Å². The van der Waals surface area contributed by atoms with E-state index in [1.807, 2.05) is 18.2 Å². The summed E-state index contributed by atoms with van der Waals surface area (Å²) in [6, 6.07) is 14.1. The molecule has 4 atom stereocenters. The van der Waals surface area contributed by atoms with Gasteiger partial charge in [-0.1, -0.05) is 30.3 Å². The van der Waals surface area contributed by atoms with Crippen LogP contribution >= 0.6 is 0 Å². The first kappa shape index (κ1) is 27.4. The molecular formula is C29H39F3N4O2. The number of ether oxygens (including phenoxy) is 1. The minimum absolute atomic E-state index is 0.00260. The zero-order valence-electron chi connectivity index (χ0n) is 21.8. The lowest BCUT2D eigenvalue weighted by Crippen LogP contribution is -2.47. The summed E-state index contributed by atoms with van der Waals surface area (Å²) < 4.78 is 47.2. The third-order valence-corrected chi connectivity index (χ3v) is 8.21. The smallest absolute Gasteiger partial charge is 0.395 e. The third kappa shape index (κ3) is 6.51. The summed E-state index contributed by atoms with van der Waals surface area (Å²) in [6.45, 7) is 7.66. The van der Waals surface area contributed by atoms with Crippen LogP contribution in [0, 0.1) is 5.92 Å². The van der Waals surface area contributed by atoms with E-state index in [4.69, 9.17) is 9.84 Å². The molecule has 6 nitrogen and oxygen atoms in total. The van der Waals surface area contributed by atoms with Gasteiger partial charge in [0, 0.05) is 56.4 Å². The number of rotatable bonds is 9. The maximum absolute atomic E-state index is 13.5. The van der Waals surface area contributed by atoms with Gasteiger partial charge in [-0.2, -0.15) is 13.2 Å². The average molecular weight is 533 g/mol. The number of hydrogen-bond acceptors (Lipinski definition) is 6. The molecule has 5 rings (SSSR count). The van der Waals surface area contributed by atoms with Gasteiger partial charge in [0.25, 0.3) is 0 Å². The van der Waals surface area contributed by atoms with Crippen LogP contribution < -0.4 is 10.6 Å². The van der Waals surface area contributed by atoms with Crippen LogP contribution in [0.25, 0.3) is 0 Å². The van der Waals surface area contributed by atoms with Crippen molar-refractivity contribution in [2.75, 3.05) is 64.3 Å². The van der Waals surface area contributed by atoms with Crippen molar-refractivity contribution in [3.05, 3.63) is 65.2 Å². The van der Waals surface area contributed by atoms with Crippen LogP contribution in [0.5, 0.6) is 0 Å². The molecular weight excluding hydrogens is 493 g/mol. The molecule has 9 heteroatoms. The minimum Gasteiger partial charge on any atom is -0.395 e. The number of benzene rings is 2. The lowest BCUT2D eigenvalue weighted by molar-refractivity contribution is -0.138. The minimum atomic E-state index is -4.39. The molecule has 2 aromatic rings. The van der Waals surface area contributed by atoms with Crippen LogP contribution in [-0.4, -0.2) is 80.0 Å². The maximum atomic E-state index is 13.5. The number of nitrogens with zero attached hydrogens (tertiary/aromatic N) is 2. The molecule has 38 heavy (non-hydrogen) atoms. The number of fused-ring (bicyclic) bond motifs is 3. The predicted octanol–water partition coefficient (Wildman–Crippen LogP) is 4.30. The van der Waals surface area contributed by atoms with E-state index in [1.54, 1.807) is 6.07 Å². The Balaban J connectivity index is 1.18. The summed E-state index contributed by atoms with van der Waals surface area (Å²) in [5.74, 6) is 0.0640. The number of aliphatic hydroxyl groups is 1. The van der Waals surface area contributed by atoms with Crippen molar-refractivity contribution in [3.63, 3.8) is 0 Å².